The minimum Gasteiger partial charge on any atom is -0.424 e. The summed E-state index contributed by atoms with van der Waals surface area (Å²) in [5, 5.41) is 3.27. The average Bonchev–Trinajstić information content (AvgIpc) is 2.83. The fourth-order valence-corrected chi connectivity index (χ4v) is 2.55. The molecule has 2 heterocycles. The second-order valence-electron chi connectivity index (χ2n) is 5.44. The zero-order chi connectivity index (χ0) is 13.1. The smallest absolute Gasteiger partial charge is 0.295 e. The largest absolute Gasteiger partial charge is 0.424 e. The van der Waals surface area contributed by atoms with Crippen LogP contribution in [0.25, 0.3) is 11.1 Å². The van der Waals surface area contributed by atoms with E-state index >= 15 is 0 Å². The van der Waals surface area contributed by atoms with Crippen LogP contribution in [-0.2, 0) is 0 Å². The standard InChI is InChI=1S/C15H21N3O/c1-12-6-9-18(10-7-12)11-8-16-15-17-13-4-2-3-5-14(13)19-15/h2-5,12H,6-11H2,1H3,(H,16,17). The molecule has 0 spiro atoms. The maximum atomic E-state index is 5.63. The molecule has 0 atom stereocenters. The normalized spacial score (nSPS) is 17.9. The number of benzene rings is 1. The number of fused-ring (bicyclic) bond motifs is 1. The lowest BCUT2D eigenvalue weighted by molar-refractivity contribution is 0.198. The Balaban J connectivity index is 1.49. The van der Waals surface area contributed by atoms with Gasteiger partial charge in [-0.15, -0.1) is 0 Å². The summed E-state index contributed by atoms with van der Waals surface area (Å²) in [7, 11) is 0. The van der Waals surface area contributed by atoms with Crippen LogP contribution in [0.5, 0.6) is 0 Å². The van der Waals surface area contributed by atoms with Gasteiger partial charge in [-0.2, -0.15) is 4.98 Å². The van der Waals surface area contributed by atoms with E-state index in [1.165, 1.54) is 25.9 Å². The summed E-state index contributed by atoms with van der Waals surface area (Å²) in [5.74, 6) is 0.890. The van der Waals surface area contributed by atoms with Crippen molar-refractivity contribution in [1.29, 1.82) is 0 Å². The van der Waals surface area contributed by atoms with Gasteiger partial charge in [0.2, 0.25) is 0 Å². The van der Waals surface area contributed by atoms with E-state index in [0.29, 0.717) is 6.01 Å². The van der Waals surface area contributed by atoms with Gasteiger partial charge in [-0.25, -0.2) is 0 Å². The van der Waals surface area contributed by atoms with Crippen LogP contribution in [0.15, 0.2) is 28.7 Å². The number of oxazole rings is 1. The maximum absolute atomic E-state index is 5.63. The molecule has 1 saturated heterocycles. The van der Waals surface area contributed by atoms with Crippen LogP contribution in [0.2, 0.25) is 0 Å². The van der Waals surface area contributed by atoms with Crippen LogP contribution >= 0.6 is 0 Å². The SMILES string of the molecule is CC1CCN(CCNc2nc3ccccc3o2)CC1. The molecule has 0 aliphatic carbocycles. The Kier molecular flexibility index (Phi) is 3.69. The molecular formula is C15H21N3O. The third kappa shape index (κ3) is 3.07. The number of hydrogen-bond donors (Lipinski definition) is 1. The Labute approximate surface area is 113 Å². The van der Waals surface area contributed by atoms with E-state index in [2.05, 4.69) is 22.1 Å². The van der Waals surface area contributed by atoms with E-state index in [-0.39, 0.29) is 0 Å². The van der Waals surface area contributed by atoms with Crippen LogP contribution in [0.1, 0.15) is 19.8 Å². The molecule has 4 heteroatoms. The third-order valence-electron chi connectivity index (χ3n) is 3.87. The highest BCUT2D eigenvalue weighted by atomic mass is 16.4. The molecule has 0 bridgehead atoms. The van der Waals surface area contributed by atoms with E-state index < -0.39 is 0 Å². The number of nitrogens with one attached hydrogen (secondary N) is 1. The molecule has 1 aliphatic heterocycles. The molecule has 102 valence electrons. The summed E-state index contributed by atoms with van der Waals surface area (Å²) < 4.78 is 5.63. The van der Waals surface area contributed by atoms with Gasteiger partial charge in [-0.1, -0.05) is 19.1 Å². The van der Waals surface area contributed by atoms with Crippen molar-refractivity contribution >= 4 is 17.1 Å². The Bertz CT molecular complexity index is 496. The third-order valence-corrected chi connectivity index (χ3v) is 3.87. The number of piperidine rings is 1. The summed E-state index contributed by atoms with van der Waals surface area (Å²) in [6.07, 6.45) is 2.64. The zero-order valence-corrected chi connectivity index (χ0v) is 11.4. The van der Waals surface area contributed by atoms with Crippen molar-refractivity contribution in [2.24, 2.45) is 5.92 Å². The topological polar surface area (TPSA) is 41.3 Å². The Morgan fingerprint density at radius 1 is 1.32 bits per heavy atom. The van der Waals surface area contributed by atoms with Gasteiger partial charge in [-0.05, 0) is 44.0 Å². The van der Waals surface area contributed by atoms with Gasteiger partial charge in [0.05, 0.1) is 0 Å². The quantitative estimate of drug-likeness (QED) is 0.916. The van der Waals surface area contributed by atoms with E-state index in [4.69, 9.17) is 4.42 Å². The molecule has 0 amide bonds. The lowest BCUT2D eigenvalue weighted by atomic mass is 9.99. The van der Waals surface area contributed by atoms with Crippen LogP contribution in [-0.4, -0.2) is 36.1 Å². The van der Waals surface area contributed by atoms with E-state index in [9.17, 15) is 0 Å². The van der Waals surface area contributed by atoms with E-state index in [1.54, 1.807) is 0 Å². The average molecular weight is 259 g/mol. The summed E-state index contributed by atoms with van der Waals surface area (Å²) >= 11 is 0. The van der Waals surface area contributed by atoms with Gasteiger partial charge in [0.15, 0.2) is 5.58 Å². The number of para-hydroxylation sites is 2. The van der Waals surface area contributed by atoms with Crippen molar-refractivity contribution in [1.82, 2.24) is 9.88 Å². The molecule has 0 saturated carbocycles. The number of aromatic nitrogens is 1. The number of likely N-dealkylation sites (tertiary alicyclic amines) is 1. The van der Waals surface area contributed by atoms with Gasteiger partial charge in [0, 0.05) is 13.1 Å². The predicted octanol–water partition coefficient (Wildman–Crippen LogP) is 2.97. The van der Waals surface area contributed by atoms with Crippen LogP contribution in [0.4, 0.5) is 6.01 Å². The Morgan fingerprint density at radius 2 is 2.11 bits per heavy atom. The molecule has 1 fully saturated rings. The van der Waals surface area contributed by atoms with Crippen molar-refractivity contribution < 1.29 is 4.42 Å². The van der Waals surface area contributed by atoms with Crippen molar-refractivity contribution in [2.45, 2.75) is 19.8 Å². The molecule has 0 unspecified atom stereocenters. The summed E-state index contributed by atoms with van der Waals surface area (Å²) in [4.78, 5) is 6.92. The summed E-state index contributed by atoms with van der Waals surface area (Å²) in [6, 6.07) is 8.48. The first-order valence-corrected chi connectivity index (χ1v) is 7.13. The van der Waals surface area contributed by atoms with E-state index in [0.717, 1.165) is 30.1 Å². The fourth-order valence-electron chi connectivity index (χ4n) is 2.55. The second-order valence-corrected chi connectivity index (χ2v) is 5.44. The fraction of sp³-hybridized carbons (Fsp3) is 0.533. The highest BCUT2D eigenvalue weighted by Gasteiger charge is 2.15. The minimum absolute atomic E-state index is 0.631. The molecule has 3 rings (SSSR count). The van der Waals surface area contributed by atoms with Gasteiger partial charge < -0.3 is 14.6 Å². The zero-order valence-electron chi connectivity index (χ0n) is 11.4. The van der Waals surface area contributed by atoms with Gasteiger partial charge in [-0.3, -0.25) is 0 Å². The first-order valence-electron chi connectivity index (χ1n) is 7.13. The van der Waals surface area contributed by atoms with Crippen molar-refractivity contribution in [3.8, 4) is 0 Å². The monoisotopic (exact) mass is 259 g/mol. The highest BCUT2D eigenvalue weighted by molar-refractivity contribution is 5.74. The molecule has 1 aromatic carbocycles. The molecule has 4 nitrogen and oxygen atoms in total. The predicted molar refractivity (Wildman–Crippen MR) is 77.3 cm³/mol. The van der Waals surface area contributed by atoms with Crippen LogP contribution in [0.3, 0.4) is 0 Å². The minimum atomic E-state index is 0.631. The number of rotatable bonds is 4. The highest BCUT2D eigenvalue weighted by Crippen LogP contribution is 2.18. The molecule has 19 heavy (non-hydrogen) atoms. The number of anilines is 1. The first kappa shape index (κ1) is 12.5. The molecule has 2 aromatic rings. The van der Waals surface area contributed by atoms with Crippen LogP contribution < -0.4 is 5.32 Å². The van der Waals surface area contributed by atoms with Gasteiger partial charge in [0.25, 0.3) is 6.01 Å². The second kappa shape index (κ2) is 5.61. The number of nitrogens with zero attached hydrogens (tertiary/aromatic N) is 2. The molecular weight excluding hydrogens is 238 g/mol. The molecule has 1 aliphatic rings. The van der Waals surface area contributed by atoms with Crippen molar-refractivity contribution in [3.05, 3.63) is 24.3 Å². The summed E-state index contributed by atoms with van der Waals surface area (Å²) in [5.41, 5.74) is 1.76. The first-order chi connectivity index (χ1) is 9.31. The van der Waals surface area contributed by atoms with Gasteiger partial charge >= 0.3 is 0 Å². The molecule has 1 aromatic heterocycles. The maximum Gasteiger partial charge on any atom is 0.295 e. The Hall–Kier alpha value is -1.55. The number of hydrogen-bond acceptors (Lipinski definition) is 4. The lowest BCUT2D eigenvalue weighted by Crippen LogP contribution is -2.36. The van der Waals surface area contributed by atoms with Crippen molar-refractivity contribution in [2.75, 3.05) is 31.5 Å². The summed E-state index contributed by atoms with van der Waals surface area (Å²) in [6.45, 7) is 6.73. The van der Waals surface area contributed by atoms with Crippen LogP contribution in [0, 0.1) is 5.92 Å². The Morgan fingerprint density at radius 3 is 2.89 bits per heavy atom. The van der Waals surface area contributed by atoms with E-state index in [1.807, 2.05) is 24.3 Å². The van der Waals surface area contributed by atoms with Gasteiger partial charge in [0.1, 0.15) is 5.52 Å². The molecule has 0 radical (unpaired) electrons. The lowest BCUT2D eigenvalue weighted by Gasteiger charge is -2.29. The van der Waals surface area contributed by atoms with Crippen molar-refractivity contribution in [3.63, 3.8) is 0 Å². The molecule has 1 N–H and O–H groups in total.